The molecule has 0 aliphatic heterocycles. The Hall–Kier alpha value is -2.19. The standard InChI is InChI=1S/C13H15N5O2S/c14-21(19,20)11-5-3-10(4-6-11)17-13-15-8-7-12(18-13)16-9-1-2-9/h3-9H,1-2H2,(H2,14,19,20)(H2,15,16,17,18). The minimum Gasteiger partial charge on any atom is -0.367 e. The third-order valence-corrected chi connectivity index (χ3v) is 3.95. The van der Waals surface area contributed by atoms with Gasteiger partial charge in [-0.05, 0) is 43.2 Å². The lowest BCUT2D eigenvalue weighted by Gasteiger charge is -2.08. The summed E-state index contributed by atoms with van der Waals surface area (Å²) in [5, 5.41) is 11.4. The normalized spacial score (nSPS) is 14.7. The Morgan fingerprint density at radius 2 is 1.86 bits per heavy atom. The topological polar surface area (TPSA) is 110 Å². The molecule has 1 heterocycles. The number of hydrogen-bond acceptors (Lipinski definition) is 6. The highest BCUT2D eigenvalue weighted by Gasteiger charge is 2.21. The number of sulfonamides is 1. The molecule has 8 heteroatoms. The molecule has 7 nitrogen and oxygen atoms in total. The van der Waals surface area contributed by atoms with Gasteiger partial charge in [-0.1, -0.05) is 0 Å². The van der Waals surface area contributed by atoms with Gasteiger partial charge >= 0.3 is 0 Å². The van der Waals surface area contributed by atoms with Crippen molar-refractivity contribution in [3.05, 3.63) is 36.5 Å². The van der Waals surface area contributed by atoms with Crippen LogP contribution in [0.15, 0.2) is 41.4 Å². The van der Waals surface area contributed by atoms with Crippen molar-refractivity contribution in [3.8, 4) is 0 Å². The minimum atomic E-state index is -3.67. The molecular weight excluding hydrogens is 290 g/mol. The van der Waals surface area contributed by atoms with Crippen molar-refractivity contribution in [1.82, 2.24) is 9.97 Å². The fourth-order valence-corrected chi connectivity index (χ4v) is 2.31. The molecular formula is C13H15N5O2S. The third-order valence-electron chi connectivity index (χ3n) is 3.02. The predicted molar refractivity (Wildman–Crippen MR) is 79.8 cm³/mol. The molecule has 0 amide bonds. The molecule has 1 aliphatic rings. The molecule has 1 saturated carbocycles. The average Bonchev–Trinajstić information content (AvgIpc) is 3.23. The van der Waals surface area contributed by atoms with Crippen molar-refractivity contribution in [2.45, 2.75) is 23.8 Å². The maximum Gasteiger partial charge on any atom is 0.238 e. The molecule has 1 aliphatic carbocycles. The van der Waals surface area contributed by atoms with Crippen molar-refractivity contribution >= 4 is 27.5 Å². The molecule has 0 unspecified atom stereocenters. The summed E-state index contributed by atoms with van der Waals surface area (Å²) in [6.07, 6.45) is 4.00. The molecule has 21 heavy (non-hydrogen) atoms. The van der Waals surface area contributed by atoms with Gasteiger partial charge in [-0.3, -0.25) is 0 Å². The SMILES string of the molecule is NS(=O)(=O)c1ccc(Nc2nccc(NC3CC3)n2)cc1. The van der Waals surface area contributed by atoms with Gasteiger partial charge in [0.1, 0.15) is 5.82 Å². The summed E-state index contributed by atoms with van der Waals surface area (Å²) < 4.78 is 22.4. The van der Waals surface area contributed by atoms with Gasteiger partial charge in [0, 0.05) is 17.9 Å². The molecule has 0 bridgehead atoms. The molecule has 0 spiro atoms. The number of nitrogens with zero attached hydrogens (tertiary/aromatic N) is 2. The van der Waals surface area contributed by atoms with Crippen LogP contribution in [0.1, 0.15) is 12.8 Å². The van der Waals surface area contributed by atoms with Crippen LogP contribution in [0.5, 0.6) is 0 Å². The summed E-state index contributed by atoms with van der Waals surface area (Å²) in [4.78, 5) is 8.54. The van der Waals surface area contributed by atoms with E-state index in [1.165, 1.54) is 25.0 Å². The van der Waals surface area contributed by atoms with Crippen LogP contribution >= 0.6 is 0 Å². The number of anilines is 3. The first-order valence-electron chi connectivity index (χ1n) is 6.50. The Morgan fingerprint density at radius 1 is 1.14 bits per heavy atom. The number of hydrogen-bond donors (Lipinski definition) is 3. The molecule has 0 radical (unpaired) electrons. The van der Waals surface area contributed by atoms with Gasteiger partial charge in [-0.25, -0.2) is 18.5 Å². The lowest BCUT2D eigenvalue weighted by Crippen LogP contribution is -2.11. The maximum atomic E-state index is 11.2. The summed E-state index contributed by atoms with van der Waals surface area (Å²) in [5.41, 5.74) is 0.686. The molecule has 1 fully saturated rings. The zero-order valence-corrected chi connectivity index (χ0v) is 12.0. The zero-order valence-electron chi connectivity index (χ0n) is 11.2. The van der Waals surface area contributed by atoms with E-state index < -0.39 is 10.0 Å². The van der Waals surface area contributed by atoms with Gasteiger partial charge in [0.25, 0.3) is 0 Å². The van der Waals surface area contributed by atoms with Gasteiger partial charge in [-0.2, -0.15) is 4.98 Å². The van der Waals surface area contributed by atoms with Crippen molar-refractivity contribution in [1.29, 1.82) is 0 Å². The van der Waals surface area contributed by atoms with E-state index in [1.807, 2.05) is 6.07 Å². The van der Waals surface area contributed by atoms with Crippen LogP contribution in [0.2, 0.25) is 0 Å². The van der Waals surface area contributed by atoms with Crippen LogP contribution in [0, 0.1) is 0 Å². The molecule has 0 atom stereocenters. The van der Waals surface area contributed by atoms with Crippen molar-refractivity contribution in [2.75, 3.05) is 10.6 Å². The molecule has 4 N–H and O–H groups in total. The Morgan fingerprint density at radius 3 is 2.48 bits per heavy atom. The second-order valence-electron chi connectivity index (χ2n) is 4.88. The molecule has 0 saturated heterocycles. The first kappa shape index (κ1) is 13.8. The second-order valence-corrected chi connectivity index (χ2v) is 6.44. The number of nitrogens with two attached hydrogens (primary N) is 1. The van der Waals surface area contributed by atoms with Crippen LogP contribution in [0.4, 0.5) is 17.5 Å². The van der Waals surface area contributed by atoms with Gasteiger partial charge in [0.15, 0.2) is 0 Å². The van der Waals surface area contributed by atoms with Gasteiger partial charge < -0.3 is 10.6 Å². The van der Waals surface area contributed by atoms with Crippen LogP contribution in [-0.2, 0) is 10.0 Å². The summed E-state index contributed by atoms with van der Waals surface area (Å²) in [7, 11) is -3.67. The molecule has 1 aromatic heterocycles. The summed E-state index contributed by atoms with van der Waals surface area (Å²) in [5.74, 6) is 1.22. The fourth-order valence-electron chi connectivity index (χ4n) is 1.79. The van der Waals surface area contributed by atoms with Gasteiger partial charge in [0.2, 0.25) is 16.0 Å². The van der Waals surface area contributed by atoms with Crippen LogP contribution < -0.4 is 15.8 Å². The summed E-state index contributed by atoms with van der Waals surface area (Å²) >= 11 is 0. The van der Waals surface area contributed by atoms with E-state index >= 15 is 0 Å². The van der Waals surface area contributed by atoms with E-state index in [0.29, 0.717) is 17.7 Å². The van der Waals surface area contributed by atoms with Crippen molar-refractivity contribution in [2.24, 2.45) is 5.14 Å². The first-order valence-corrected chi connectivity index (χ1v) is 8.05. The number of benzene rings is 1. The van der Waals surface area contributed by atoms with Gasteiger partial charge in [-0.15, -0.1) is 0 Å². The minimum absolute atomic E-state index is 0.0677. The van der Waals surface area contributed by atoms with E-state index in [9.17, 15) is 8.42 Å². The predicted octanol–water partition coefficient (Wildman–Crippen LogP) is 1.44. The van der Waals surface area contributed by atoms with E-state index in [1.54, 1.807) is 18.3 Å². The molecule has 2 aromatic rings. The lowest BCUT2D eigenvalue weighted by atomic mass is 10.3. The zero-order chi connectivity index (χ0) is 14.9. The summed E-state index contributed by atoms with van der Waals surface area (Å²) in [6, 6.07) is 8.43. The Labute approximate surface area is 122 Å². The molecule has 3 rings (SSSR count). The second kappa shape index (κ2) is 5.30. The molecule has 110 valence electrons. The first-order chi connectivity index (χ1) is 10.0. The third kappa shape index (κ3) is 3.67. The number of primary sulfonamides is 1. The highest BCUT2D eigenvalue weighted by atomic mass is 32.2. The smallest absolute Gasteiger partial charge is 0.238 e. The number of aromatic nitrogens is 2. The number of rotatable bonds is 5. The van der Waals surface area contributed by atoms with E-state index in [4.69, 9.17) is 5.14 Å². The van der Waals surface area contributed by atoms with Gasteiger partial charge in [0.05, 0.1) is 4.90 Å². The monoisotopic (exact) mass is 305 g/mol. The van der Waals surface area contributed by atoms with E-state index in [2.05, 4.69) is 20.6 Å². The van der Waals surface area contributed by atoms with Crippen molar-refractivity contribution < 1.29 is 8.42 Å². The van der Waals surface area contributed by atoms with E-state index in [0.717, 1.165) is 5.82 Å². The number of nitrogens with one attached hydrogen (secondary N) is 2. The average molecular weight is 305 g/mol. The Balaban J connectivity index is 1.73. The Kier molecular flexibility index (Phi) is 3.48. The Bertz CT molecular complexity index is 741. The van der Waals surface area contributed by atoms with Crippen LogP contribution in [0.25, 0.3) is 0 Å². The van der Waals surface area contributed by atoms with E-state index in [-0.39, 0.29) is 4.90 Å². The van der Waals surface area contributed by atoms with Crippen LogP contribution in [-0.4, -0.2) is 24.4 Å². The summed E-state index contributed by atoms with van der Waals surface area (Å²) in [6.45, 7) is 0. The highest BCUT2D eigenvalue weighted by molar-refractivity contribution is 7.89. The quantitative estimate of drug-likeness (QED) is 0.771. The lowest BCUT2D eigenvalue weighted by molar-refractivity contribution is 0.598. The molecule has 1 aromatic carbocycles. The highest BCUT2D eigenvalue weighted by Crippen LogP contribution is 2.24. The van der Waals surface area contributed by atoms with Crippen molar-refractivity contribution in [3.63, 3.8) is 0 Å². The fraction of sp³-hybridized carbons (Fsp3) is 0.231. The maximum absolute atomic E-state index is 11.2. The largest absolute Gasteiger partial charge is 0.367 e. The van der Waals surface area contributed by atoms with Crippen LogP contribution in [0.3, 0.4) is 0 Å².